The van der Waals surface area contributed by atoms with E-state index < -0.39 is 0 Å². The lowest BCUT2D eigenvalue weighted by Crippen LogP contribution is -2.50. The highest BCUT2D eigenvalue weighted by atomic mass is 19.1. The Bertz CT molecular complexity index is 394. The fourth-order valence-electron chi connectivity index (χ4n) is 3.08. The van der Waals surface area contributed by atoms with Gasteiger partial charge in [0.2, 0.25) is 0 Å². The summed E-state index contributed by atoms with van der Waals surface area (Å²) in [6, 6.07) is 8.13. The Morgan fingerprint density at radius 1 is 1.37 bits per heavy atom. The van der Waals surface area contributed by atoms with Crippen LogP contribution in [0, 0.1) is 5.82 Å². The first kappa shape index (κ1) is 14.5. The second-order valence-electron chi connectivity index (χ2n) is 5.47. The van der Waals surface area contributed by atoms with Crippen LogP contribution in [0.5, 0.6) is 0 Å². The molecule has 0 amide bonds. The summed E-state index contributed by atoms with van der Waals surface area (Å²) in [5.74, 6) is -0.0806. The van der Waals surface area contributed by atoms with Gasteiger partial charge in [0, 0.05) is 24.2 Å². The van der Waals surface area contributed by atoms with Crippen molar-refractivity contribution in [3.05, 3.63) is 35.6 Å². The van der Waals surface area contributed by atoms with Crippen LogP contribution in [0.1, 0.15) is 38.7 Å². The highest BCUT2D eigenvalue weighted by Crippen LogP contribution is 2.22. The Morgan fingerprint density at radius 2 is 2.16 bits per heavy atom. The molecule has 3 heteroatoms. The molecule has 1 aliphatic rings. The van der Waals surface area contributed by atoms with Crippen LogP contribution in [-0.2, 0) is 6.54 Å². The van der Waals surface area contributed by atoms with Crippen molar-refractivity contribution in [1.82, 2.24) is 10.2 Å². The van der Waals surface area contributed by atoms with Crippen molar-refractivity contribution in [1.29, 1.82) is 0 Å². The van der Waals surface area contributed by atoms with Crippen LogP contribution < -0.4 is 5.32 Å². The second-order valence-corrected chi connectivity index (χ2v) is 5.47. The van der Waals surface area contributed by atoms with Gasteiger partial charge in [-0.1, -0.05) is 31.5 Å². The van der Waals surface area contributed by atoms with Gasteiger partial charge in [-0.05, 0) is 38.9 Å². The zero-order chi connectivity index (χ0) is 13.7. The van der Waals surface area contributed by atoms with Crippen molar-refractivity contribution in [3.8, 4) is 0 Å². The van der Waals surface area contributed by atoms with Gasteiger partial charge in [-0.25, -0.2) is 4.39 Å². The molecule has 1 aliphatic heterocycles. The quantitative estimate of drug-likeness (QED) is 0.878. The molecule has 1 N–H and O–H groups in total. The summed E-state index contributed by atoms with van der Waals surface area (Å²) >= 11 is 0. The number of hydrogen-bond donors (Lipinski definition) is 1. The van der Waals surface area contributed by atoms with E-state index in [2.05, 4.69) is 24.1 Å². The third-order valence-corrected chi connectivity index (χ3v) is 4.10. The molecular formula is C16H25FN2. The topological polar surface area (TPSA) is 15.3 Å². The number of piperidine rings is 1. The van der Waals surface area contributed by atoms with E-state index in [1.807, 2.05) is 12.1 Å². The smallest absolute Gasteiger partial charge is 0.127 e. The molecule has 106 valence electrons. The molecule has 19 heavy (non-hydrogen) atoms. The maximum atomic E-state index is 13.8. The number of nitrogens with one attached hydrogen (secondary N) is 1. The predicted molar refractivity (Wildman–Crippen MR) is 77.6 cm³/mol. The molecule has 2 nitrogen and oxygen atoms in total. The molecule has 0 radical (unpaired) electrons. The van der Waals surface area contributed by atoms with E-state index >= 15 is 0 Å². The molecule has 1 fully saturated rings. The van der Waals surface area contributed by atoms with Gasteiger partial charge < -0.3 is 5.32 Å². The minimum atomic E-state index is -0.0806. The molecule has 2 unspecified atom stereocenters. The number of likely N-dealkylation sites (tertiary alicyclic amines) is 1. The number of hydrogen-bond acceptors (Lipinski definition) is 2. The fourth-order valence-corrected chi connectivity index (χ4v) is 3.08. The van der Waals surface area contributed by atoms with Gasteiger partial charge in [0.05, 0.1) is 0 Å². The molecule has 0 aliphatic carbocycles. The number of halogens is 1. The van der Waals surface area contributed by atoms with Crippen molar-refractivity contribution < 1.29 is 4.39 Å². The SMILES string of the molecule is CCNC(C)C1CCCCN1Cc1ccccc1F. The van der Waals surface area contributed by atoms with E-state index in [1.54, 1.807) is 12.1 Å². The summed E-state index contributed by atoms with van der Waals surface area (Å²) in [5, 5.41) is 3.51. The molecule has 1 saturated heterocycles. The number of likely N-dealkylation sites (N-methyl/N-ethyl adjacent to an activating group) is 1. The van der Waals surface area contributed by atoms with Crippen molar-refractivity contribution in [2.45, 2.75) is 51.7 Å². The molecule has 2 rings (SSSR count). The summed E-state index contributed by atoms with van der Waals surface area (Å²) in [6.45, 7) is 7.18. The van der Waals surface area contributed by atoms with Crippen molar-refractivity contribution in [3.63, 3.8) is 0 Å². The first-order valence-electron chi connectivity index (χ1n) is 7.43. The maximum Gasteiger partial charge on any atom is 0.127 e. The molecular weight excluding hydrogens is 239 g/mol. The predicted octanol–water partition coefficient (Wildman–Crippen LogP) is 3.18. The van der Waals surface area contributed by atoms with E-state index in [9.17, 15) is 4.39 Å². The van der Waals surface area contributed by atoms with E-state index in [0.29, 0.717) is 12.1 Å². The third-order valence-electron chi connectivity index (χ3n) is 4.10. The Kier molecular flexibility index (Phi) is 5.34. The molecule has 0 aromatic heterocycles. The summed E-state index contributed by atoms with van der Waals surface area (Å²) in [5.41, 5.74) is 0.818. The first-order valence-corrected chi connectivity index (χ1v) is 7.43. The van der Waals surface area contributed by atoms with Gasteiger partial charge in [-0.3, -0.25) is 4.90 Å². The molecule has 0 spiro atoms. The minimum Gasteiger partial charge on any atom is -0.313 e. The Balaban J connectivity index is 2.05. The van der Waals surface area contributed by atoms with E-state index in [4.69, 9.17) is 0 Å². The van der Waals surface area contributed by atoms with Crippen LogP contribution in [0.15, 0.2) is 24.3 Å². The zero-order valence-electron chi connectivity index (χ0n) is 12.0. The van der Waals surface area contributed by atoms with Gasteiger partial charge in [-0.15, -0.1) is 0 Å². The molecule has 1 heterocycles. The van der Waals surface area contributed by atoms with Crippen LogP contribution in [0.2, 0.25) is 0 Å². The monoisotopic (exact) mass is 264 g/mol. The van der Waals surface area contributed by atoms with Crippen LogP contribution in [0.25, 0.3) is 0 Å². The van der Waals surface area contributed by atoms with Crippen molar-refractivity contribution in [2.75, 3.05) is 13.1 Å². The van der Waals surface area contributed by atoms with Gasteiger partial charge in [0.15, 0.2) is 0 Å². The van der Waals surface area contributed by atoms with Gasteiger partial charge in [-0.2, -0.15) is 0 Å². The average molecular weight is 264 g/mol. The van der Waals surface area contributed by atoms with Crippen LogP contribution in [-0.4, -0.2) is 30.1 Å². The Labute approximate surface area is 116 Å². The molecule has 2 atom stereocenters. The minimum absolute atomic E-state index is 0.0806. The summed E-state index contributed by atoms with van der Waals surface area (Å²) in [7, 11) is 0. The van der Waals surface area contributed by atoms with Gasteiger partial charge >= 0.3 is 0 Å². The number of nitrogens with zero attached hydrogens (tertiary/aromatic N) is 1. The van der Waals surface area contributed by atoms with Crippen molar-refractivity contribution >= 4 is 0 Å². The van der Waals surface area contributed by atoms with E-state index in [-0.39, 0.29) is 5.82 Å². The highest BCUT2D eigenvalue weighted by molar-refractivity contribution is 5.17. The standard InChI is InChI=1S/C16H25FN2/c1-3-18-13(2)16-10-6-7-11-19(16)12-14-8-4-5-9-15(14)17/h4-5,8-9,13,16,18H,3,6-7,10-12H2,1-2H3. The lowest BCUT2D eigenvalue weighted by molar-refractivity contribution is 0.111. The zero-order valence-corrected chi connectivity index (χ0v) is 12.0. The van der Waals surface area contributed by atoms with Gasteiger partial charge in [0.1, 0.15) is 5.82 Å². The summed E-state index contributed by atoms with van der Waals surface area (Å²) in [6.07, 6.45) is 3.72. The largest absolute Gasteiger partial charge is 0.313 e. The highest BCUT2D eigenvalue weighted by Gasteiger charge is 2.27. The number of benzene rings is 1. The Hall–Kier alpha value is -0.930. The fraction of sp³-hybridized carbons (Fsp3) is 0.625. The number of rotatable bonds is 5. The third kappa shape index (κ3) is 3.77. The van der Waals surface area contributed by atoms with Gasteiger partial charge in [0.25, 0.3) is 0 Å². The molecule has 0 bridgehead atoms. The maximum absolute atomic E-state index is 13.8. The second kappa shape index (κ2) is 7.01. The first-order chi connectivity index (χ1) is 9.22. The van der Waals surface area contributed by atoms with E-state index in [0.717, 1.165) is 25.2 Å². The molecule has 1 aromatic rings. The summed E-state index contributed by atoms with van der Waals surface area (Å²) in [4.78, 5) is 2.44. The van der Waals surface area contributed by atoms with Crippen molar-refractivity contribution in [2.24, 2.45) is 0 Å². The van der Waals surface area contributed by atoms with E-state index in [1.165, 1.54) is 19.3 Å². The van der Waals surface area contributed by atoms with Crippen LogP contribution in [0.4, 0.5) is 4.39 Å². The average Bonchev–Trinajstić information content (AvgIpc) is 2.42. The lowest BCUT2D eigenvalue weighted by Gasteiger charge is -2.39. The van der Waals surface area contributed by atoms with Crippen LogP contribution >= 0.6 is 0 Å². The molecule has 1 aromatic carbocycles. The Morgan fingerprint density at radius 3 is 2.89 bits per heavy atom. The molecule has 0 saturated carbocycles. The lowest BCUT2D eigenvalue weighted by atomic mass is 9.95. The van der Waals surface area contributed by atoms with Crippen LogP contribution in [0.3, 0.4) is 0 Å². The summed E-state index contributed by atoms with van der Waals surface area (Å²) < 4.78 is 13.8. The normalized spacial score (nSPS) is 22.4.